The average molecular weight is 278 g/mol. The highest BCUT2D eigenvalue weighted by Crippen LogP contribution is 2.36. The molecule has 0 bridgehead atoms. The summed E-state index contributed by atoms with van der Waals surface area (Å²) in [6, 6.07) is 0. The van der Waals surface area contributed by atoms with Gasteiger partial charge in [0.25, 0.3) is 0 Å². The minimum Gasteiger partial charge on any atom is -0.338 e. The van der Waals surface area contributed by atoms with E-state index in [0.717, 1.165) is 51.9 Å². The molecule has 0 spiro atoms. The van der Waals surface area contributed by atoms with E-state index in [1.807, 2.05) is 0 Å². The zero-order chi connectivity index (χ0) is 14.8. The van der Waals surface area contributed by atoms with E-state index in [0.29, 0.717) is 5.91 Å². The zero-order valence-corrected chi connectivity index (χ0v) is 13.6. The maximum absolute atomic E-state index is 12.9. The van der Waals surface area contributed by atoms with Crippen LogP contribution in [-0.4, -0.2) is 37.0 Å². The fourth-order valence-corrected chi connectivity index (χ4v) is 3.60. The van der Waals surface area contributed by atoms with Crippen molar-refractivity contribution in [1.82, 2.24) is 10.2 Å². The maximum Gasteiger partial charge on any atom is 0.230 e. The fraction of sp³-hybridized carbons (Fsp3) is 0.824. The summed E-state index contributed by atoms with van der Waals surface area (Å²) in [5, 5.41) is 3.39. The Labute approximate surface area is 123 Å². The topological polar surface area (TPSA) is 32.3 Å². The molecule has 0 aromatic heterocycles. The molecule has 1 unspecified atom stereocenters. The monoisotopic (exact) mass is 278 g/mol. The second kappa shape index (κ2) is 5.88. The number of amides is 1. The van der Waals surface area contributed by atoms with Gasteiger partial charge in [0.1, 0.15) is 0 Å². The van der Waals surface area contributed by atoms with E-state index in [2.05, 4.69) is 44.0 Å². The van der Waals surface area contributed by atoms with Crippen molar-refractivity contribution < 1.29 is 4.79 Å². The van der Waals surface area contributed by atoms with Crippen molar-refractivity contribution in [1.29, 1.82) is 0 Å². The highest BCUT2D eigenvalue weighted by atomic mass is 16.2. The van der Waals surface area contributed by atoms with E-state index in [-0.39, 0.29) is 10.8 Å². The lowest BCUT2D eigenvalue weighted by atomic mass is 9.79. The van der Waals surface area contributed by atoms with Crippen molar-refractivity contribution in [2.24, 2.45) is 10.8 Å². The molecule has 3 nitrogen and oxygen atoms in total. The van der Waals surface area contributed by atoms with Crippen molar-refractivity contribution in [3.05, 3.63) is 11.6 Å². The Balaban J connectivity index is 2.06. The van der Waals surface area contributed by atoms with Gasteiger partial charge in [-0.3, -0.25) is 4.79 Å². The number of nitrogens with zero attached hydrogens (tertiary/aromatic N) is 1. The number of rotatable bonds is 3. The van der Waals surface area contributed by atoms with Crippen LogP contribution >= 0.6 is 0 Å². The highest BCUT2D eigenvalue weighted by Gasteiger charge is 2.43. The molecule has 2 heterocycles. The van der Waals surface area contributed by atoms with Crippen molar-refractivity contribution in [2.45, 2.75) is 53.4 Å². The first-order valence-corrected chi connectivity index (χ1v) is 8.09. The highest BCUT2D eigenvalue weighted by molar-refractivity contribution is 5.83. The first-order valence-electron chi connectivity index (χ1n) is 8.09. The molecular formula is C17H30N2O. The summed E-state index contributed by atoms with van der Waals surface area (Å²) in [6.45, 7) is 12.5. The van der Waals surface area contributed by atoms with Crippen LogP contribution in [0.2, 0.25) is 0 Å². The molecule has 1 N–H and O–H groups in total. The molecule has 2 aliphatic rings. The SMILES string of the molecule is CCCC1(C(=O)N2CC=C(C(C)(C)C)CC2)CCNC1. The van der Waals surface area contributed by atoms with Gasteiger partial charge in [-0.05, 0) is 31.2 Å². The Kier molecular flexibility index (Phi) is 4.58. The standard InChI is InChI=1S/C17H30N2O/c1-5-8-17(9-10-18-13-17)15(20)19-11-6-14(7-12-19)16(2,3)4/h6,18H,5,7-13H2,1-4H3. The molecule has 2 aliphatic heterocycles. The van der Waals surface area contributed by atoms with Crippen LogP contribution in [0.3, 0.4) is 0 Å². The number of carbonyl (C=O) groups excluding carboxylic acids is 1. The van der Waals surface area contributed by atoms with E-state index in [4.69, 9.17) is 0 Å². The molecular weight excluding hydrogens is 248 g/mol. The van der Waals surface area contributed by atoms with Crippen LogP contribution in [0, 0.1) is 10.8 Å². The summed E-state index contributed by atoms with van der Waals surface area (Å²) in [4.78, 5) is 15.0. The summed E-state index contributed by atoms with van der Waals surface area (Å²) >= 11 is 0. The molecule has 0 aromatic carbocycles. The van der Waals surface area contributed by atoms with Crippen molar-refractivity contribution >= 4 is 5.91 Å². The molecule has 3 heteroatoms. The van der Waals surface area contributed by atoms with E-state index >= 15 is 0 Å². The fourth-order valence-electron chi connectivity index (χ4n) is 3.60. The van der Waals surface area contributed by atoms with Gasteiger partial charge in [-0.2, -0.15) is 0 Å². The van der Waals surface area contributed by atoms with Crippen LogP contribution in [0.1, 0.15) is 53.4 Å². The van der Waals surface area contributed by atoms with Gasteiger partial charge in [-0.1, -0.05) is 45.8 Å². The molecule has 1 amide bonds. The quantitative estimate of drug-likeness (QED) is 0.805. The van der Waals surface area contributed by atoms with Crippen LogP contribution in [-0.2, 0) is 4.79 Å². The first kappa shape index (κ1) is 15.6. The van der Waals surface area contributed by atoms with Gasteiger partial charge in [0, 0.05) is 19.6 Å². The number of hydrogen-bond donors (Lipinski definition) is 1. The van der Waals surface area contributed by atoms with Crippen LogP contribution in [0.4, 0.5) is 0 Å². The van der Waals surface area contributed by atoms with E-state index in [1.165, 1.54) is 5.57 Å². The van der Waals surface area contributed by atoms with Gasteiger partial charge in [-0.25, -0.2) is 0 Å². The molecule has 0 aromatic rings. The molecule has 0 radical (unpaired) electrons. The molecule has 0 saturated carbocycles. The summed E-state index contributed by atoms with van der Waals surface area (Å²) in [6.07, 6.45) is 6.43. The third kappa shape index (κ3) is 3.08. The first-order chi connectivity index (χ1) is 9.39. The molecule has 1 fully saturated rings. The summed E-state index contributed by atoms with van der Waals surface area (Å²) in [5.74, 6) is 0.383. The Morgan fingerprint density at radius 3 is 2.65 bits per heavy atom. The van der Waals surface area contributed by atoms with E-state index in [1.54, 1.807) is 0 Å². The second-order valence-electron chi connectivity index (χ2n) is 7.44. The van der Waals surface area contributed by atoms with Crippen molar-refractivity contribution in [3.63, 3.8) is 0 Å². The minimum atomic E-state index is -0.123. The van der Waals surface area contributed by atoms with Gasteiger partial charge >= 0.3 is 0 Å². The lowest BCUT2D eigenvalue weighted by molar-refractivity contribution is -0.141. The van der Waals surface area contributed by atoms with Gasteiger partial charge in [0.2, 0.25) is 5.91 Å². The molecule has 2 rings (SSSR count). The summed E-state index contributed by atoms with van der Waals surface area (Å²) in [7, 11) is 0. The summed E-state index contributed by atoms with van der Waals surface area (Å²) in [5.41, 5.74) is 1.61. The van der Waals surface area contributed by atoms with Crippen molar-refractivity contribution in [2.75, 3.05) is 26.2 Å². The molecule has 20 heavy (non-hydrogen) atoms. The number of hydrogen-bond acceptors (Lipinski definition) is 2. The predicted octanol–water partition coefficient (Wildman–Crippen LogP) is 2.97. The smallest absolute Gasteiger partial charge is 0.230 e. The van der Waals surface area contributed by atoms with E-state index < -0.39 is 0 Å². The summed E-state index contributed by atoms with van der Waals surface area (Å²) < 4.78 is 0. The average Bonchev–Trinajstić information content (AvgIpc) is 2.87. The van der Waals surface area contributed by atoms with Gasteiger partial charge < -0.3 is 10.2 Å². The number of carbonyl (C=O) groups is 1. The number of nitrogens with one attached hydrogen (secondary N) is 1. The maximum atomic E-state index is 12.9. The zero-order valence-electron chi connectivity index (χ0n) is 13.6. The van der Waals surface area contributed by atoms with Gasteiger partial charge in [-0.15, -0.1) is 0 Å². The molecule has 1 saturated heterocycles. The lowest BCUT2D eigenvalue weighted by Crippen LogP contribution is -2.47. The third-order valence-corrected chi connectivity index (χ3v) is 4.89. The second-order valence-corrected chi connectivity index (χ2v) is 7.44. The lowest BCUT2D eigenvalue weighted by Gasteiger charge is -2.37. The molecule has 0 aliphatic carbocycles. The Bertz CT molecular complexity index is 386. The predicted molar refractivity (Wildman–Crippen MR) is 83.6 cm³/mol. The van der Waals surface area contributed by atoms with Crippen molar-refractivity contribution in [3.8, 4) is 0 Å². The van der Waals surface area contributed by atoms with Crippen LogP contribution in [0.5, 0.6) is 0 Å². The molecule has 114 valence electrons. The minimum absolute atomic E-state index is 0.123. The molecule has 1 atom stereocenters. The normalized spacial score (nSPS) is 27.6. The largest absolute Gasteiger partial charge is 0.338 e. The Hall–Kier alpha value is -0.830. The van der Waals surface area contributed by atoms with Crippen LogP contribution < -0.4 is 5.32 Å². The van der Waals surface area contributed by atoms with Gasteiger partial charge in [0.05, 0.1) is 5.41 Å². The Morgan fingerprint density at radius 2 is 2.20 bits per heavy atom. The van der Waals surface area contributed by atoms with Gasteiger partial charge in [0.15, 0.2) is 0 Å². The Morgan fingerprint density at radius 1 is 1.45 bits per heavy atom. The van der Waals surface area contributed by atoms with Crippen LogP contribution in [0.15, 0.2) is 11.6 Å². The third-order valence-electron chi connectivity index (χ3n) is 4.89. The van der Waals surface area contributed by atoms with E-state index in [9.17, 15) is 4.79 Å². The van der Waals surface area contributed by atoms with Crippen LogP contribution in [0.25, 0.3) is 0 Å².